The van der Waals surface area contributed by atoms with Gasteiger partial charge in [0.25, 0.3) is 0 Å². The Hall–Kier alpha value is -1.10. The maximum absolute atomic E-state index is 12.2. The lowest BCUT2D eigenvalue weighted by atomic mass is 9.81. The van der Waals surface area contributed by atoms with Crippen LogP contribution in [0, 0.1) is 5.41 Å². The third-order valence-electron chi connectivity index (χ3n) is 4.46. The van der Waals surface area contributed by atoms with Crippen LogP contribution in [0.2, 0.25) is 0 Å². The van der Waals surface area contributed by atoms with E-state index < -0.39 is 0 Å². The maximum Gasteiger partial charge on any atom is 0.242 e. The van der Waals surface area contributed by atoms with E-state index >= 15 is 0 Å². The third-order valence-corrected chi connectivity index (χ3v) is 4.46. The number of nitrogens with zero attached hydrogens (tertiary/aromatic N) is 1. The number of amides is 2. The molecular formula is C14H25N3O2. The Balaban J connectivity index is 1.85. The molecule has 0 aromatic heterocycles. The van der Waals surface area contributed by atoms with Crippen molar-refractivity contribution < 1.29 is 9.59 Å². The summed E-state index contributed by atoms with van der Waals surface area (Å²) >= 11 is 0. The zero-order valence-corrected chi connectivity index (χ0v) is 12.0. The van der Waals surface area contributed by atoms with Crippen LogP contribution < -0.4 is 10.6 Å². The molecule has 0 saturated carbocycles. The highest BCUT2D eigenvalue weighted by Crippen LogP contribution is 2.27. The predicted octanol–water partition coefficient (Wildman–Crippen LogP) is 0.503. The van der Waals surface area contributed by atoms with Gasteiger partial charge in [-0.3, -0.25) is 9.59 Å². The van der Waals surface area contributed by atoms with E-state index in [4.69, 9.17) is 0 Å². The van der Waals surface area contributed by atoms with Crippen LogP contribution in [-0.2, 0) is 9.59 Å². The lowest BCUT2D eigenvalue weighted by Gasteiger charge is -2.34. The highest BCUT2D eigenvalue weighted by molar-refractivity contribution is 5.87. The third kappa shape index (κ3) is 3.47. The van der Waals surface area contributed by atoms with E-state index in [2.05, 4.69) is 17.6 Å². The van der Waals surface area contributed by atoms with Gasteiger partial charge in [-0.05, 0) is 44.2 Å². The first-order valence-electron chi connectivity index (χ1n) is 7.27. The SMILES string of the molecule is CC(=O)N1CCCC1C(=O)NCC1(C)CCNCC1. The Morgan fingerprint density at radius 3 is 2.68 bits per heavy atom. The number of likely N-dealkylation sites (tertiary alicyclic amines) is 1. The van der Waals surface area contributed by atoms with Gasteiger partial charge in [-0.1, -0.05) is 6.92 Å². The van der Waals surface area contributed by atoms with E-state index in [0.29, 0.717) is 6.54 Å². The number of carbonyl (C=O) groups excluding carboxylic acids is 2. The van der Waals surface area contributed by atoms with Gasteiger partial charge in [0.05, 0.1) is 0 Å². The Morgan fingerprint density at radius 2 is 2.05 bits per heavy atom. The van der Waals surface area contributed by atoms with Crippen LogP contribution in [0.15, 0.2) is 0 Å². The van der Waals surface area contributed by atoms with Gasteiger partial charge in [-0.2, -0.15) is 0 Å². The van der Waals surface area contributed by atoms with E-state index in [0.717, 1.165) is 45.3 Å². The minimum atomic E-state index is -0.247. The number of nitrogens with one attached hydrogen (secondary N) is 2. The normalized spacial score (nSPS) is 26.2. The van der Waals surface area contributed by atoms with Crippen molar-refractivity contribution in [3.8, 4) is 0 Å². The summed E-state index contributed by atoms with van der Waals surface area (Å²) in [6.07, 6.45) is 3.91. The molecule has 5 heteroatoms. The van der Waals surface area contributed by atoms with Crippen molar-refractivity contribution in [2.24, 2.45) is 5.41 Å². The van der Waals surface area contributed by atoms with Gasteiger partial charge in [0.1, 0.15) is 6.04 Å². The average molecular weight is 267 g/mol. The van der Waals surface area contributed by atoms with Crippen LogP contribution in [0.1, 0.15) is 39.5 Å². The lowest BCUT2D eigenvalue weighted by molar-refractivity contribution is -0.137. The van der Waals surface area contributed by atoms with Crippen LogP contribution in [0.3, 0.4) is 0 Å². The van der Waals surface area contributed by atoms with E-state index in [1.54, 1.807) is 11.8 Å². The van der Waals surface area contributed by atoms with Gasteiger partial charge in [0, 0.05) is 20.0 Å². The van der Waals surface area contributed by atoms with Crippen molar-refractivity contribution in [3.05, 3.63) is 0 Å². The average Bonchev–Trinajstić information content (AvgIpc) is 2.86. The Labute approximate surface area is 115 Å². The van der Waals surface area contributed by atoms with E-state index in [1.165, 1.54) is 0 Å². The Kier molecular flexibility index (Phi) is 4.45. The summed E-state index contributed by atoms with van der Waals surface area (Å²) in [5.41, 5.74) is 0.195. The molecule has 19 heavy (non-hydrogen) atoms. The van der Waals surface area contributed by atoms with Gasteiger partial charge in [0.15, 0.2) is 0 Å². The van der Waals surface area contributed by atoms with Crippen molar-refractivity contribution >= 4 is 11.8 Å². The molecular weight excluding hydrogens is 242 g/mol. The summed E-state index contributed by atoms with van der Waals surface area (Å²) in [4.78, 5) is 25.4. The molecule has 2 amide bonds. The van der Waals surface area contributed by atoms with E-state index in [-0.39, 0.29) is 23.3 Å². The molecule has 2 aliphatic rings. The largest absolute Gasteiger partial charge is 0.354 e. The lowest BCUT2D eigenvalue weighted by Crippen LogP contribution is -2.49. The summed E-state index contributed by atoms with van der Waals surface area (Å²) in [7, 11) is 0. The zero-order chi connectivity index (χ0) is 13.9. The fourth-order valence-electron chi connectivity index (χ4n) is 3.04. The summed E-state index contributed by atoms with van der Waals surface area (Å²) in [6.45, 7) is 7.25. The molecule has 108 valence electrons. The summed E-state index contributed by atoms with van der Waals surface area (Å²) < 4.78 is 0. The Morgan fingerprint density at radius 1 is 1.37 bits per heavy atom. The van der Waals surface area contributed by atoms with Crippen LogP contribution in [0.25, 0.3) is 0 Å². The number of hydrogen-bond donors (Lipinski definition) is 2. The molecule has 2 N–H and O–H groups in total. The van der Waals surface area contributed by atoms with Gasteiger partial charge in [-0.15, -0.1) is 0 Å². The summed E-state index contributed by atoms with van der Waals surface area (Å²) in [5.74, 6) is 0.0261. The highest BCUT2D eigenvalue weighted by atomic mass is 16.2. The molecule has 0 spiro atoms. The molecule has 0 bridgehead atoms. The van der Waals surface area contributed by atoms with E-state index in [1.807, 2.05) is 0 Å². The standard InChI is InChI=1S/C14H25N3O2/c1-11(18)17-9-3-4-12(17)13(19)16-10-14(2)5-7-15-8-6-14/h12,15H,3-10H2,1-2H3,(H,16,19). The fourth-order valence-corrected chi connectivity index (χ4v) is 3.04. The number of carbonyl (C=O) groups is 2. The molecule has 0 aromatic rings. The molecule has 0 radical (unpaired) electrons. The van der Waals surface area contributed by atoms with Crippen molar-refractivity contribution in [3.63, 3.8) is 0 Å². The second-order valence-corrected chi connectivity index (χ2v) is 6.15. The van der Waals surface area contributed by atoms with Crippen molar-refractivity contribution in [2.45, 2.75) is 45.6 Å². The number of rotatable bonds is 3. The first-order chi connectivity index (χ1) is 9.02. The molecule has 0 aromatic carbocycles. The van der Waals surface area contributed by atoms with E-state index in [9.17, 15) is 9.59 Å². The molecule has 1 atom stereocenters. The second kappa shape index (κ2) is 5.90. The topological polar surface area (TPSA) is 61.4 Å². The number of hydrogen-bond acceptors (Lipinski definition) is 3. The Bertz CT molecular complexity index is 351. The molecule has 0 aliphatic carbocycles. The highest BCUT2D eigenvalue weighted by Gasteiger charge is 2.34. The van der Waals surface area contributed by atoms with Gasteiger partial charge in [0.2, 0.25) is 11.8 Å². The second-order valence-electron chi connectivity index (χ2n) is 6.15. The number of piperidine rings is 1. The van der Waals surface area contributed by atoms with Crippen molar-refractivity contribution in [1.29, 1.82) is 0 Å². The van der Waals surface area contributed by atoms with Gasteiger partial charge in [-0.25, -0.2) is 0 Å². The summed E-state index contributed by atoms with van der Waals surface area (Å²) in [6, 6.07) is -0.247. The molecule has 2 heterocycles. The quantitative estimate of drug-likeness (QED) is 0.783. The molecule has 2 aliphatic heterocycles. The molecule has 5 nitrogen and oxygen atoms in total. The molecule has 1 unspecified atom stereocenters. The minimum absolute atomic E-state index is 0.00530. The van der Waals surface area contributed by atoms with Crippen molar-refractivity contribution in [1.82, 2.24) is 15.5 Å². The first kappa shape index (κ1) is 14.3. The van der Waals surface area contributed by atoms with Gasteiger partial charge < -0.3 is 15.5 Å². The smallest absolute Gasteiger partial charge is 0.242 e. The van der Waals surface area contributed by atoms with Gasteiger partial charge >= 0.3 is 0 Å². The van der Waals surface area contributed by atoms with Crippen LogP contribution in [-0.4, -0.2) is 48.9 Å². The van der Waals surface area contributed by atoms with Crippen molar-refractivity contribution in [2.75, 3.05) is 26.2 Å². The first-order valence-corrected chi connectivity index (χ1v) is 7.27. The summed E-state index contributed by atoms with van der Waals surface area (Å²) in [5, 5.41) is 6.40. The monoisotopic (exact) mass is 267 g/mol. The van der Waals surface area contributed by atoms with Crippen LogP contribution in [0.4, 0.5) is 0 Å². The predicted molar refractivity (Wildman–Crippen MR) is 73.6 cm³/mol. The molecule has 2 rings (SSSR count). The zero-order valence-electron chi connectivity index (χ0n) is 12.0. The maximum atomic E-state index is 12.2. The minimum Gasteiger partial charge on any atom is -0.354 e. The van der Waals surface area contributed by atoms with Crippen LogP contribution in [0.5, 0.6) is 0 Å². The van der Waals surface area contributed by atoms with Crippen LogP contribution >= 0.6 is 0 Å². The molecule has 2 saturated heterocycles. The molecule has 2 fully saturated rings. The fraction of sp³-hybridized carbons (Fsp3) is 0.857.